The molecule has 5 fully saturated rings. The molecule has 1 saturated heterocycles. The average molecular weight is 631 g/mol. The zero-order valence-electron chi connectivity index (χ0n) is 27.1. The summed E-state index contributed by atoms with van der Waals surface area (Å²) in [7, 11) is -4.03. The fraction of sp³-hybridized carbons (Fsp3) is 0.800. The molecular formula is C35H54N2O6S. The van der Waals surface area contributed by atoms with Gasteiger partial charge in [0, 0.05) is 18.8 Å². The summed E-state index contributed by atoms with van der Waals surface area (Å²) in [6.07, 6.45) is 8.70. The van der Waals surface area contributed by atoms with Crippen molar-refractivity contribution >= 4 is 21.8 Å². The highest BCUT2D eigenvalue weighted by Crippen LogP contribution is 2.69. The number of sulfonamides is 1. The standard InChI is InChI=1S/C35H54N2O6S/c1-5-26-30-20-24(38)14-16-35(30,4)29-15-17-34(3)27(12-13-28(34)31(29)32(26)39)22(2)21-43-33(40)36-44(41,42)25-10-8-23(9-11-25)37-18-6-7-19-37/h8-11,22,24,26-32,38-39H,5-7,12-21H2,1-4H3,(H,36,40)/t22-,24-,26-,27-,28+,29+,30?,31+,32-,34-,35-/m1/s1. The predicted octanol–water partition coefficient (Wildman–Crippen LogP) is 5.96. The third-order valence-electron chi connectivity index (χ3n) is 13.5. The molecule has 44 heavy (non-hydrogen) atoms. The van der Waals surface area contributed by atoms with E-state index in [9.17, 15) is 23.4 Å². The van der Waals surface area contributed by atoms with E-state index in [1.54, 1.807) is 24.3 Å². The largest absolute Gasteiger partial charge is 0.449 e. The third kappa shape index (κ3) is 5.46. The van der Waals surface area contributed by atoms with Crippen LogP contribution in [0.3, 0.4) is 0 Å². The number of carbonyl (C=O) groups excluding carboxylic acids is 1. The Morgan fingerprint density at radius 3 is 2.34 bits per heavy atom. The molecule has 246 valence electrons. The van der Waals surface area contributed by atoms with E-state index < -0.39 is 16.1 Å². The van der Waals surface area contributed by atoms with Gasteiger partial charge in [-0.25, -0.2) is 17.9 Å². The first-order valence-corrected chi connectivity index (χ1v) is 18.8. The van der Waals surface area contributed by atoms with Crippen LogP contribution in [0.15, 0.2) is 29.2 Å². The minimum absolute atomic E-state index is 0.0419. The van der Waals surface area contributed by atoms with Gasteiger partial charge in [-0.3, -0.25) is 0 Å². The molecule has 0 spiro atoms. The lowest BCUT2D eigenvalue weighted by molar-refractivity contribution is -0.203. The number of benzene rings is 1. The van der Waals surface area contributed by atoms with E-state index in [1.165, 1.54) is 0 Å². The van der Waals surface area contributed by atoms with Crippen molar-refractivity contribution in [2.75, 3.05) is 24.6 Å². The first kappa shape index (κ1) is 32.1. The van der Waals surface area contributed by atoms with Crippen LogP contribution in [0.1, 0.15) is 91.9 Å². The number of anilines is 1. The highest BCUT2D eigenvalue weighted by atomic mass is 32.2. The van der Waals surface area contributed by atoms with Crippen LogP contribution in [0, 0.1) is 52.3 Å². The molecule has 4 aliphatic carbocycles. The molecular weight excluding hydrogens is 576 g/mol. The summed E-state index contributed by atoms with van der Waals surface area (Å²) in [5.74, 6) is 2.16. The molecule has 1 heterocycles. The molecule has 6 rings (SSSR count). The molecule has 0 aromatic heterocycles. The van der Waals surface area contributed by atoms with Crippen LogP contribution in [0.4, 0.5) is 10.5 Å². The van der Waals surface area contributed by atoms with Crippen LogP contribution in [0.5, 0.6) is 0 Å². The van der Waals surface area contributed by atoms with Gasteiger partial charge in [0.2, 0.25) is 0 Å². The smallest absolute Gasteiger partial charge is 0.421 e. The van der Waals surface area contributed by atoms with Gasteiger partial charge in [0.15, 0.2) is 0 Å². The van der Waals surface area contributed by atoms with Crippen LogP contribution in [0.2, 0.25) is 0 Å². The van der Waals surface area contributed by atoms with Gasteiger partial charge in [-0.1, -0.05) is 34.1 Å². The number of aliphatic hydroxyl groups is 2. The lowest BCUT2D eigenvalue weighted by atomic mass is 9.41. The molecule has 0 radical (unpaired) electrons. The summed E-state index contributed by atoms with van der Waals surface area (Å²) in [5.41, 5.74) is 1.20. The molecule has 1 aliphatic heterocycles. The molecule has 9 heteroatoms. The fourth-order valence-corrected chi connectivity index (χ4v) is 12.2. The highest BCUT2D eigenvalue weighted by Gasteiger charge is 2.65. The second kappa shape index (κ2) is 12.1. The molecule has 11 atom stereocenters. The Morgan fingerprint density at radius 1 is 1.00 bits per heavy atom. The molecule has 0 bridgehead atoms. The zero-order valence-corrected chi connectivity index (χ0v) is 27.9. The number of carbonyl (C=O) groups is 1. The number of ether oxygens (including phenoxy) is 1. The lowest BCUT2D eigenvalue weighted by Crippen LogP contribution is -2.62. The SMILES string of the molecule is CC[C@@H]1C2C[C@H](O)CC[C@]2(C)[C@H]2CC[C@]3(C)[C@@H]([C@H](C)COC(=O)NS(=O)(=O)c4ccc(N5CCCC5)cc4)CC[C@H]3[C@@H]2[C@@H]1O. The highest BCUT2D eigenvalue weighted by molar-refractivity contribution is 7.90. The van der Waals surface area contributed by atoms with Crippen molar-refractivity contribution in [3.63, 3.8) is 0 Å². The van der Waals surface area contributed by atoms with Gasteiger partial charge in [0.1, 0.15) is 0 Å². The summed E-state index contributed by atoms with van der Waals surface area (Å²) in [4.78, 5) is 15.0. The Bertz CT molecular complexity index is 1300. The van der Waals surface area contributed by atoms with E-state index in [-0.39, 0.29) is 52.3 Å². The van der Waals surface area contributed by atoms with Gasteiger partial charge in [0.05, 0.1) is 23.7 Å². The molecule has 5 aliphatic rings. The lowest BCUT2D eigenvalue weighted by Gasteiger charge is -2.64. The van der Waals surface area contributed by atoms with Crippen LogP contribution in [-0.4, -0.2) is 56.6 Å². The van der Waals surface area contributed by atoms with Crippen LogP contribution in [-0.2, 0) is 14.8 Å². The van der Waals surface area contributed by atoms with E-state index in [0.717, 1.165) is 83.0 Å². The van der Waals surface area contributed by atoms with Gasteiger partial charge in [-0.2, -0.15) is 0 Å². The number of nitrogens with zero attached hydrogens (tertiary/aromatic N) is 1. The number of nitrogens with one attached hydrogen (secondary N) is 1. The molecule has 1 aromatic carbocycles. The number of aliphatic hydroxyl groups excluding tert-OH is 2. The first-order chi connectivity index (χ1) is 20.9. The normalized spacial score (nSPS) is 40.9. The maximum Gasteiger partial charge on any atom is 0.421 e. The summed E-state index contributed by atoms with van der Waals surface area (Å²) < 4.78 is 33.5. The van der Waals surface area contributed by atoms with Crippen molar-refractivity contribution in [2.45, 2.75) is 109 Å². The Morgan fingerprint density at radius 2 is 1.66 bits per heavy atom. The van der Waals surface area contributed by atoms with Crippen LogP contribution < -0.4 is 9.62 Å². The van der Waals surface area contributed by atoms with Crippen LogP contribution >= 0.6 is 0 Å². The van der Waals surface area contributed by atoms with Crippen molar-refractivity contribution in [3.05, 3.63) is 24.3 Å². The summed E-state index contributed by atoms with van der Waals surface area (Å²) in [6.45, 7) is 11.3. The Labute approximate surface area is 264 Å². The summed E-state index contributed by atoms with van der Waals surface area (Å²) in [6, 6.07) is 6.68. The van der Waals surface area contributed by atoms with E-state index in [0.29, 0.717) is 23.7 Å². The van der Waals surface area contributed by atoms with Crippen molar-refractivity contribution in [1.29, 1.82) is 0 Å². The number of hydrogen-bond donors (Lipinski definition) is 3. The topological polar surface area (TPSA) is 116 Å². The predicted molar refractivity (Wildman–Crippen MR) is 171 cm³/mol. The van der Waals surface area contributed by atoms with E-state index >= 15 is 0 Å². The minimum Gasteiger partial charge on any atom is -0.449 e. The van der Waals surface area contributed by atoms with Crippen molar-refractivity contribution in [3.8, 4) is 0 Å². The number of hydrogen-bond acceptors (Lipinski definition) is 7. The van der Waals surface area contributed by atoms with Gasteiger partial charge >= 0.3 is 6.09 Å². The average Bonchev–Trinajstić information content (AvgIpc) is 3.65. The maximum absolute atomic E-state index is 12.9. The second-order valence-corrected chi connectivity index (χ2v) is 17.2. The monoisotopic (exact) mass is 630 g/mol. The number of amides is 1. The molecule has 1 aromatic rings. The van der Waals surface area contributed by atoms with Gasteiger partial charge < -0.3 is 19.8 Å². The molecule has 8 nitrogen and oxygen atoms in total. The van der Waals surface area contributed by atoms with Gasteiger partial charge in [-0.15, -0.1) is 0 Å². The Balaban J connectivity index is 1.09. The number of fused-ring (bicyclic) bond motifs is 5. The number of rotatable bonds is 7. The quantitative estimate of drug-likeness (QED) is 0.340. The van der Waals surface area contributed by atoms with E-state index in [2.05, 4.69) is 37.3 Å². The van der Waals surface area contributed by atoms with Gasteiger partial charge in [0.25, 0.3) is 10.0 Å². The second-order valence-electron chi connectivity index (χ2n) is 15.5. The van der Waals surface area contributed by atoms with Gasteiger partial charge in [-0.05, 0) is 134 Å². The van der Waals surface area contributed by atoms with Crippen molar-refractivity contribution < 1.29 is 28.2 Å². The van der Waals surface area contributed by atoms with Crippen molar-refractivity contribution in [1.82, 2.24) is 4.72 Å². The molecule has 4 saturated carbocycles. The third-order valence-corrected chi connectivity index (χ3v) is 14.8. The molecule has 1 amide bonds. The molecule has 1 unspecified atom stereocenters. The fourth-order valence-electron chi connectivity index (χ4n) is 11.3. The van der Waals surface area contributed by atoms with Crippen LogP contribution in [0.25, 0.3) is 0 Å². The van der Waals surface area contributed by atoms with Crippen molar-refractivity contribution in [2.24, 2.45) is 52.3 Å². The maximum atomic E-state index is 12.9. The Kier molecular flexibility index (Phi) is 8.81. The zero-order chi connectivity index (χ0) is 31.4. The summed E-state index contributed by atoms with van der Waals surface area (Å²) >= 11 is 0. The minimum atomic E-state index is -4.03. The van der Waals surface area contributed by atoms with E-state index in [1.807, 2.05) is 0 Å². The van der Waals surface area contributed by atoms with E-state index in [4.69, 9.17) is 4.74 Å². The Hall–Kier alpha value is -1.84. The molecule has 3 N–H and O–H groups in total. The summed E-state index contributed by atoms with van der Waals surface area (Å²) in [5, 5.41) is 22.5. The first-order valence-electron chi connectivity index (χ1n) is 17.3.